The van der Waals surface area contributed by atoms with Crippen molar-refractivity contribution < 1.29 is 9.53 Å². The van der Waals surface area contributed by atoms with Crippen molar-refractivity contribution in [2.75, 3.05) is 5.32 Å². The number of nitrogens with zero attached hydrogens (tertiary/aromatic N) is 3. The summed E-state index contributed by atoms with van der Waals surface area (Å²) >= 11 is 1.49. The van der Waals surface area contributed by atoms with Crippen molar-refractivity contribution >= 4 is 23.1 Å². The molecule has 4 rings (SSSR count). The maximum Gasteiger partial charge on any atom is 0.338 e. The molecular weight excluding hydrogens is 336 g/mol. The molecule has 0 bridgehead atoms. The van der Waals surface area contributed by atoms with Crippen LogP contribution < -0.4 is 5.32 Å². The lowest BCUT2D eigenvalue weighted by Crippen LogP contribution is -2.29. The number of rotatable bonds is 4. The quantitative estimate of drug-likeness (QED) is 0.729. The van der Waals surface area contributed by atoms with E-state index in [1.165, 1.54) is 11.3 Å². The molecule has 1 aliphatic rings. The minimum atomic E-state index is -0.380. The van der Waals surface area contributed by atoms with Crippen LogP contribution in [0.5, 0.6) is 0 Å². The van der Waals surface area contributed by atoms with Gasteiger partial charge in [-0.05, 0) is 12.5 Å². The molecule has 0 amide bonds. The van der Waals surface area contributed by atoms with Gasteiger partial charge in [0.05, 0.1) is 11.8 Å². The Morgan fingerprint density at radius 3 is 2.88 bits per heavy atom. The van der Waals surface area contributed by atoms with E-state index in [4.69, 9.17) is 4.74 Å². The maximum absolute atomic E-state index is 12.8. The number of anilines is 1. The minimum absolute atomic E-state index is 0.229. The first-order valence-corrected chi connectivity index (χ1v) is 8.74. The molecule has 126 valence electrons. The molecule has 0 fully saturated rings. The van der Waals surface area contributed by atoms with E-state index >= 15 is 0 Å². The van der Waals surface area contributed by atoms with Crippen molar-refractivity contribution in [3.63, 3.8) is 0 Å². The number of aromatic nitrogens is 3. The van der Waals surface area contributed by atoms with Crippen LogP contribution in [-0.4, -0.2) is 20.7 Å². The highest BCUT2D eigenvalue weighted by molar-refractivity contribution is 7.09. The van der Waals surface area contributed by atoms with E-state index in [9.17, 15) is 4.79 Å². The van der Waals surface area contributed by atoms with Crippen molar-refractivity contribution in [1.29, 1.82) is 0 Å². The summed E-state index contributed by atoms with van der Waals surface area (Å²) in [5.74, 6) is 0.465. The number of thiazole rings is 1. The summed E-state index contributed by atoms with van der Waals surface area (Å²) in [7, 11) is 0. The number of nitrogens with one attached hydrogen (secondary N) is 1. The largest absolute Gasteiger partial charge is 0.457 e. The van der Waals surface area contributed by atoms with Gasteiger partial charge in [0, 0.05) is 23.3 Å². The van der Waals surface area contributed by atoms with E-state index < -0.39 is 0 Å². The number of fused-ring (bicyclic) bond motifs is 1. The predicted octanol–water partition coefficient (Wildman–Crippen LogP) is 3.37. The normalized spacial score (nSPS) is 16.3. The average Bonchev–Trinajstić information content (AvgIpc) is 3.31. The SMILES string of the molecule is CC1=C(C(=O)OCc2ccccc2)C(c2nccs2)n2nccc2N1. The zero-order chi connectivity index (χ0) is 17.2. The van der Waals surface area contributed by atoms with E-state index in [-0.39, 0.29) is 18.6 Å². The van der Waals surface area contributed by atoms with Crippen LogP contribution in [0.15, 0.2) is 65.4 Å². The van der Waals surface area contributed by atoms with Gasteiger partial charge >= 0.3 is 5.97 Å². The molecule has 7 heteroatoms. The Labute approximate surface area is 148 Å². The van der Waals surface area contributed by atoms with Gasteiger partial charge in [-0.2, -0.15) is 5.10 Å². The van der Waals surface area contributed by atoms with Crippen molar-refractivity contribution in [3.8, 4) is 0 Å². The number of benzene rings is 1. The number of allylic oxidation sites excluding steroid dienone is 1. The van der Waals surface area contributed by atoms with E-state index in [2.05, 4.69) is 15.4 Å². The Hall–Kier alpha value is -2.93. The zero-order valence-corrected chi connectivity index (χ0v) is 14.4. The number of esters is 1. The minimum Gasteiger partial charge on any atom is -0.457 e. The number of carbonyl (C=O) groups excluding carboxylic acids is 1. The van der Waals surface area contributed by atoms with Gasteiger partial charge in [-0.15, -0.1) is 11.3 Å². The van der Waals surface area contributed by atoms with Crippen molar-refractivity contribution in [2.24, 2.45) is 0 Å². The Bertz CT molecular complexity index is 916. The molecule has 1 N–H and O–H groups in total. The van der Waals surface area contributed by atoms with Crippen LogP contribution in [0.1, 0.15) is 23.5 Å². The molecule has 0 saturated heterocycles. The molecule has 25 heavy (non-hydrogen) atoms. The summed E-state index contributed by atoms with van der Waals surface area (Å²) in [6.07, 6.45) is 3.43. The molecule has 1 aromatic carbocycles. The van der Waals surface area contributed by atoms with Crippen molar-refractivity contribution in [3.05, 3.63) is 76.0 Å². The number of hydrogen-bond donors (Lipinski definition) is 1. The molecule has 1 atom stereocenters. The monoisotopic (exact) mass is 352 g/mol. The van der Waals surface area contributed by atoms with Crippen molar-refractivity contribution in [1.82, 2.24) is 14.8 Å². The summed E-state index contributed by atoms with van der Waals surface area (Å²) in [6.45, 7) is 2.10. The third-order valence-corrected chi connectivity index (χ3v) is 4.85. The second-order valence-corrected chi connectivity index (χ2v) is 6.59. The smallest absolute Gasteiger partial charge is 0.338 e. The van der Waals surface area contributed by atoms with Crippen LogP contribution >= 0.6 is 11.3 Å². The predicted molar refractivity (Wildman–Crippen MR) is 95.0 cm³/mol. The molecule has 1 unspecified atom stereocenters. The fourth-order valence-electron chi connectivity index (χ4n) is 2.87. The summed E-state index contributed by atoms with van der Waals surface area (Å²) in [4.78, 5) is 17.2. The van der Waals surface area contributed by atoms with Gasteiger partial charge in [0.25, 0.3) is 0 Å². The van der Waals surface area contributed by atoms with Gasteiger partial charge in [-0.3, -0.25) is 0 Å². The lowest BCUT2D eigenvalue weighted by atomic mass is 10.0. The fraction of sp³-hybridized carbons (Fsp3) is 0.167. The molecule has 0 radical (unpaired) electrons. The van der Waals surface area contributed by atoms with E-state index in [1.54, 1.807) is 17.1 Å². The van der Waals surface area contributed by atoms with Gasteiger partial charge in [-0.25, -0.2) is 14.5 Å². The standard InChI is InChI=1S/C18H16N4O2S/c1-12-15(18(23)24-11-13-5-3-2-4-6-13)16(17-19-9-10-25-17)22-14(21-12)7-8-20-22/h2-10,16,21H,11H2,1H3. The van der Waals surface area contributed by atoms with Crippen molar-refractivity contribution in [2.45, 2.75) is 19.6 Å². The lowest BCUT2D eigenvalue weighted by molar-refractivity contribution is -0.140. The number of hydrogen-bond acceptors (Lipinski definition) is 6. The first kappa shape index (κ1) is 15.6. The molecule has 0 aliphatic carbocycles. The third-order valence-electron chi connectivity index (χ3n) is 4.03. The zero-order valence-electron chi connectivity index (χ0n) is 13.5. The molecule has 3 heterocycles. The Balaban J connectivity index is 1.65. The van der Waals surface area contributed by atoms with Crippen LogP contribution in [-0.2, 0) is 16.1 Å². The van der Waals surface area contributed by atoms with Crippen LogP contribution in [0.2, 0.25) is 0 Å². The molecule has 0 saturated carbocycles. The first-order valence-electron chi connectivity index (χ1n) is 7.86. The summed E-state index contributed by atoms with van der Waals surface area (Å²) in [5, 5.41) is 10.3. The summed E-state index contributed by atoms with van der Waals surface area (Å²) in [6, 6.07) is 11.1. The Morgan fingerprint density at radius 1 is 1.28 bits per heavy atom. The molecular formula is C18H16N4O2S. The highest BCUT2D eigenvalue weighted by Gasteiger charge is 2.35. The van der Waals surface area contributed by atoms with Crippen LogP contribution in [0.4, 0.5) is 5.82 Å². The first-order chi connectivity index (χ1) is 12.2. The molecule has 1 aliphatic heterocycles. The Morgan fingerprint density at radius 2 is 2.12 bits per heavy atom. The molecule has 6 nitrogen and oxygen atoms in total. The van der Waals surface area contributed by atoms with Gasteiger partial charge in [0.2, 0.25) is 0 Å². The third kappa shape index (κ3) is 2.94. The summed E-state index contributed by atoms with van der Waals surface area (Å²) in [5.41, 5.74) is 2.23. The fourth-order valence-corrected chi connectivity index (χ4v) is 3.60. The number of carbonyl (C=O) groups is 1. The van der Waals surface area contributed by atoms with Crippen LogP contribution in [0.3, 0.4) is 0 Å². The highest BCUT2D eigenvalue weighted by atomic mass is 32.1. The number of ether oxygens (including phenoxy) is 1. The Kier molecular flexibility index (Phi) is 4.07. The van der Waals surface area contributed by atoms with Gasteiger partial charge in [0.1, 0.15) is 23.5 Å². The van der Waals surface area contributed by atoms with E-state index in [0.717, 1.165) is 22.1 Å². The highest BCUT2D eigenvalue weighted by Crippen LogP contribution is 2.36. The topological polar surface area (TPSA) is 69.0 Å². The van der Waals surface area contributed by atoms with Gasteiger partial charge in [0.15, 0.2) is 0 Å². The molecule has 3 aromatic rings. The summed E-state index contributed by atoms with van der Waals surface area (Å²) < 4.78 is 7.33. The lowest BCUT2D eigenvalue weighted by Gasteiger charge is -2.27. The second-order valence-electron chi connectivity index (χ2n) is 5.66. The van der Waals surface area contributed by atoms with Gasteiger partial charge < -0.3 is 10.1 Å². The maximum atomic E-state index is 12.8. The average molecular weight is 352 g/mol. The van der Waals surface area contributed by atoms with Gasteiger partial charge in [-0.1, -0.05) is 30.3 Å². The van der Waals surface area contributed by atoms with E-state index in [0.29, 0.717) is 5.57 Å². The van der Waals surface area contributed by atoms with Crippen LogP contribution in [0, 0.1) is 0 Å². The molecule has 2 aromatic heterocycles. The second kappa shape index (κ2) is 6.52. The van der Waals surface area contributed by atoms with Crippen LogP contribution in [0.25, 0.3) is 0 Å². The molecule has 0 spiro atoms. The van der Waals surface area contributed by atoms with E-state index in [1.807, 2.05) is 48.7 Å².